The number of methoxy groups -OCH3 is 1. The third kappa shape index (κ3) is 2.00. The average molecular weight is 221 g/mol. The van der Waals surface area contributed by atoms with Gasteiger partial charge in [-0.25, -0.2) is 18.0 Å². The first kappa shape index (κ1) is 11.3. The molecule has 7 heteroatoms. The molecule has 0 saturated carbocycles. The highest BCUT2D eigenvalue weighted by Crippen LogP contribution is 2.29. The van der Waals surface area contributed by atoms with E-state index in [0.29, 0.717) is 6.20 Å². The molecule has 1 aromatic rings. The number of halogens is 3. The fourth-order valence-corrected chi connectivity index (χ4v) is 1.06. The van der Waals surface area contributed by atoms with Gasteiger partial charge in [0.2, 0.25) is 0 Å². The lowest BCUT2D eigenvalue weighted by molar-refractivity contribution is 0.0676. The zero-order chi connectivity index (χ0) is 11.6. The first-order valence-electron chi connectivity index (χ1n) is 3.72. The Labute approximate surface area is 82.3 Å². The van der Waals surface area contributed by atoms with Gasteiger partial charge in [-0.05, 0) is 0 Å². The summed E-state index contributed by atoms with van der Waals surface area (Å²) in [5, 5.41) is 8.63. The molecule has 0 spiro atoms. The van der Waals surface area contributed by atoms with E-state index >= 15 is 0 Å². The number of aromatic carboxylic acids is 1. The molecule has 0 aliphatic carbocycles. The number of hydrogen-bond acceptors (Lipinski definition) is 3. The molecule has 0 bridgehead atoms. The number of carboxylic acids is 1. The summed E-state index contributed by atoms with van der Waals surface area (Å²) in [6.07, 6.45) is -2.61. The molecule has 0 radical (unpaired) electrons. The minimum atomic E-state index is -3.11. The van der Waals surface area contributed by atoms with Gasteiger partial charge in [-0.2, -0.15) is 0 Å². The van der Waals surface area contributed by atoms with E-state index in [1.807, 2.05) is 0 Å². The van der Waals surface area contributed by atoms with Crippen molar-refractivity contribution in [2.45, 2.75) is 6.43 Å². The highest BCUT2D eigenvalue weighted by Gasteiger charge is 2.26. The Morgan fingerprint density at radius 2 is 2.20 bits per heavy atom. The van der Waals surface area contributed by atoms with Crippen molar-refractivity contribution in [3.05, 3.63) is 23.3 Å². The fraction of sp³-hybridized carbons (Fsp3) is 0.250. The number of aromatic nitrogens is 1. The third-order valence-corrected chi connectivity index (χ3v) is 1.64. The van der Waals surface area contributed by atoms with E-state index in [-0.39, 0.29) is 0 Å². The van der Waals surface area contributed by atoms with Crippen LogP contribution < -0.4 is 4.74 Å². The second-order valence-corrected chi connectivity index (χ2v) is 2.51. The summed E-state index contributed by atoms with van der Waals surface area (Å²) < 4.78 is 42.0. The van der Waals surface area contributed by atoms with Crippen molar-refractivity contribution in [3.8, 4) is 5.75 Å². The Balaban J connectivity index is 3.49. The van der Waals surface area contributed by atoms with Crippen LogP contribution in [0.25, 0.3) is 0 Å². The van der Waals surface area contributed by atoms with Crippen LogP contribution in [-0.2, 0) is 0 Å². The fourth-order valence-electron chi connectivity index (χ4n) is 1.06. The van der Waals surface area contributed by atoms with Gasteiger partial charge in [-0.3, -0.25) is 4.98 Å². The van der Waals surface area contributed by atoms with Crippen LogP contribution in [0.5, 0.6) is 5.75 Å². The smallest absolute Gasteiger partial charge is 0.341 e. The first-order chi connectivity index (χ1) is 6.99. The number of alkyl halides is 2. The summed E-state index contributed by atoms with van der Waals surface area (Å²) in [6, 6.07) is 0. The van der Waals surface area contributed by atoms with Crippen LogP contribution in [-0.4, -0.2) is 23.2 Å². The van der Waals surface area contributed by atoms with Crippen molar-refractivity contribution in [3.63, 3.8) is 0 Å². The summed E-state index contributed by atoms with van der Waals surface area (Å²) in [6.45, 7) is 0. The van der Waals surface area contributed by atoms with Crippen molar-refractivity contribution in [2.75, 3.05) is 7.11 Å². The summed E-state index contributed by atoms with van der Waals surface area (Å²) in [5.41, 5.74) is -1.96. The van der Waals surface area contributed by atoms with Crippen molar-refractivity contribution in [2.24, 2.45) is 0 Å². The molecular formula is C8H6F3NO3. The zero-order valence-electron chi connectivity index (χ0n) is 7.50. The van der Waals surface area contributed by atoms with Crippen LogP contribution in [0.3, 0.4) is 0 Å². The molecule has 0 aliphatic rings. The Kier molecular flexibility index (Phi) is 3.13. The highest BCUT2D eigenvalue weighted by atomic mass is 19.3. The SMILES string of the molecule is COc1c(F)cnc(C(F)F)c1C(=O)O. The minimum Gasteiger partial charge on any atom is -0.493 e. The normalized spacial score (nSPS) is 10.5. The molecule has 1 aromatic heterocycles. The Hall–Kier alpha value is -1.79. The van der Waals surface area contributed by atoms with E-state index in [1.165, 1.54) is 0 Å². The molecule has 0 aliphatic heterocycles. The molecule has 1 N–H and O–H groups in total. The largest absolute Gasteiger partial charge is 0.493 e. The first-order valence-corrected chi connectivity index (χ1v) is 3.72. The summed E-state index contributed by atoms with van der Waals surface area (Å²) in [7, 11) is 0.986. The molecule has 0 aromatic carbocycles. The highest BCUT2D eigenvalue weighted by molar-refractivity contribution is 5.92. The number of rotatable bonds is 3. The molecule has 15 heavy (non-hydrogen) atoms. The molecule has 0 amide bonds. The molecule has 0 saturated heterocycles. The quantitative estimate of drug-likeness (QED) is 0.846. The molecule has 4 nitrogen and oxygen atoms in total. The zero-order valence-corrected chi connectivity index (χ0v) is 7.50. The third-order valence-electron chi connectivity index (χ3n) is 1.64. The van der Waals surface area contributed by atoms with Gasteiger partial charge in [0.15, 0.2) is 11.6 Å². The van der Waals surface area contributed by atoms with Crippen molar-refractivity contribution < 1.29 is 27.8 Å². The van der Waals surface area contributed by atoms with Crippen molar-refractivity contribution in [1.82, 2.24) is 4.98 Å². The predicted molar refractivity (Wildman–Crippen MR) is 42.7 cm³/mol. The predicted octanol–water partition coefficient (Wildman–Crippen LogP) is 1.87. The van der Waals surface area contributed by atoms with E-state index in [1.54, 1.807) is 0 Å². The average Bonchev–Trinajstić information content (AvgIpc) is 2.16. The van der Waals surface area contributed by atoms with Gasteiger partial charge < -0.3 is 9.84 Å². The molecule has 1 heterocycles. The van der Waals surface area contributed by atoms with Gasteiger partial charge in [0.25, 0.3) is 6.43 Å². The number of hydrogen-bond donors (Lipinski definition) is 1. The Morgan fingerprint density at radius 1 is 1.60 bits per heavy atom. The Bertz CT molecular complexity index is 395. The van der Waals surface area contributed by atoms with Crippen LogP contribution in [0.1, 0.15) is 22.5 Å². The maximum Gasteiger partial charge on any atom is 0.341 e. The Morgan fingerprint density at radius 3 is 2.60 bits per heavy atom. The summed E-state index contributed by atoms with van der Waals surface area (Å²) in [5.74, 6) is -3.55. The topological polar surface area (TPSA) is 59.4 Å². The lowest BCUT2D eigenvalue weighted by Crippen LogP contribution is -2.09. The molecule has 1 rings (SSSR count). The van der Waals surface area contributed by atoms with Crippen LogP contribution in [0.4, 0.5) is 13.2 Å². The number of pyridine rings is 1. The van der Waals surface area contributed by atoms with E-state index < -0.39 is 35.2 Å². The second kappa shape index (κ2) is 4.16. The number of ether oxygens (including phenoxy) is 1. The monoisotopic (exact) mass is 221 g/mol. The summed E-state index contributed by atoms with van der Waals surface area (Å²) >= 11 is 0. The summed E-state index contributed by atoms with van der Waals surface area (Å²) in [4.78, 5) is 13.7. The van der Waals surface area contributed by atoms with Crippen LogP contribution in [0, 0.1) is 5.82 Å². The minimum absolute atomic E-state index is 0.493. The second-order valence-electron chi connectivity index (χ2n) is 2.51. The van der Waals surface area contributed by atoms with Gasteiger partial charge in [0, 0.05) is 0 Å². The number of carbonyl (C=O) groups is 1. The molecular weight excluding hydrogens is 215 g/mol. The van der Waals surface area contributed by atoms with Crippen LogP contribution in [0.15, 0.2) is 6.20 Å². The lowest BCUT2D eigenvalue weighted by Gasteiger charge is -2.09. The maximum absolute atomic E-state index is 13.0. The van der Waals surface area contributed by atoms with Crippen LogP contribution >= 0.6 is 0 Å². The van der Waals surface area contributed by atoms with Crippen LogP contribution in [0.2, 0.25) is 0 Å². The maximum atomic E-state index is 13.0. The van der Waals surface area contributed by atoms with Gasteiger partial charge >= 0.3 is 5.97 Å². The van der Waals surface area contributed by atoms with E-state index in [4.69, 9.17) is 5.11 Å². The lowest BCUT2D eigenvalue weighted by atomic mass is 10.1. The van der Waals surface area contributed by atoms with Gasteiger partial charge in [-0.15, -0.1) is 0 Å². The van der Waals surface area contributed by atoms with E-state index in [9.17, 15) is 18.0 Å². The van der Waals surface area contributed by atoms with Gasteiger partial charge in [0.05, 0.1) is 13.3 Å². The van der Waals surface area contributed by atoms with E-state index in [2.05, 4.69) is 9.72 Å². The molecule has 0 atom stereocenters. The van der Waals surface area contributed by atoms with Crippen molar-refractivity contribution >= 4 is 5.97 Å². The molecule has 0 unspecified atom stereocenters. The number of nitrogens with zero attached hydrogens (tertiary/aromatic N) is 1. The standard InChI is InChI=1S/C8H6F3NO3/c1-15-6-3(9)2-12-5(7(10)11)4(6)8(13)14/h2,7H,1H3,(H,13,14). The number of carboxylic acid groups (broad SMARTS) is 1. The van der Waals surface area contributed by atoms with Gasteiger partial charge in [-0.1, -0.05) is 0 Å². The van der Waals surface area contributed by atoms with E-state index in [0.717, 1.165) is 7.11 Å². The molecule has 82 valence electrons. The van der Waals surface area contributed by atoms with Crippen molar-refractivity contribution in [1.29, 1.82) is 0 Å². The van der Waals surface area contributed by atoms with Gasteiger partial charge in [0.1, 0.15) is 11.3 Å². The molecule has 0 fully saturated rings.